The Hall–Kier alpha value is -3.81. The number of carbonyl (C=O) groups is 3. The number of rotatable bonds is 5. The number of aromatic carboxylic acids is 1. The highest BCUT2D eigenvalue weighted by atomic mass is 16.6. The van der Waals surface area contributed by atoms with Gasteiger partial charge in [-0.15, -0.1) is 0 Å². The maximum atomic E-state index is 12.8. The molecule has 1 spiro atoms. The van der Waals surface area contributed by atoms with Crippen molar-refractivity contribution in [1.29, 1.82) is 0 Å². The Morgan fingerprint density at radius 1 is 1.00 bits per heavy atom. The number of amides is 2. The van der Waals surface area contributed by atoms with E-state index in [2.05, 4.69) is 6.08 Å². The van der Waals surface area contributed by atoms with E-state index in [0.717, 1.165) is 11.1 Å². The first kappa shape index (κ1) is 27.2. The number of piperidine rings is 1. The number of ether oxygens (including phenoxy) is 2. The monoisotopic (exact) mass is 520 g/mol. The summed E-state index contributed by atoms with van der Waals surface area (Å²) in [5.41, 5.74) is 1.95. The Kier molecular flexibility index (Phi) is 7.54. The molecule has 1 N–H and O–H groups in total. The summed E-state index contributed by atoms with van der Waals surface area (Å²) in [5, 5.41) is 9.59. The van der Waals surface area contributed by atoms with Crippen molar-refractivity contribution in [1.82, 2.24) is 9.80 Å². The zero-order chi connectivity index (χ0) is 27.7. The van der Waals surface area contributed by atoms with E-state index in [1.165, 1.54) is 0 Å². The second-order valence-electron chi connectivity index (χ2n) is 10.8. The topological polar surface area (TPSA) is 96.4 Å². The third-order valence-corrected chi connectivity index (χ3v) is 6.99. The summed E-state index contributed by atoms with van der Waals surface area (Å²) in [5.74, 6) is -0.443. The predicted octanol–water partition coefficient (Wildman–Crippen LogP) is 5.46. The van der Waals surface area contributed by atoms with Gasteiger partial charge in [0.25, 0.3) is 5.91 Å². The third kappa shape index (κ3) is 5.69. The van der Waals surface area contributed by atoms with E-state index in [9.17, 15) is 19.5 Å². The summed E-state index contributed by atoms with van der Waals surface area (Å²) >= 11 is 0. The number of carbonyl (C=O) groups excluding carboxylic acids is 2. The second kappa shape index (κ2) is 10.5. The van der Waals surface area contributed by atoms with Crippen LogP contribution in [0.2, 0.25) is 0 Å². The molecule has 2 aromatic carbocycles. The van der Waals surface area contributed by atoms with E-state index in [1.807, 2.05) is 58.9 Å². The Morgan fingerprint density at radius 3 is 2.16 bits per heavy atom. The maximum absolute atomic E-state index is 12.8. The molecule has 8 nitrogen and oxygen atoms in total. The minimum atomic E-state index is -1.02. The van der Waals surface area contributed by atoms with Crippen molar-refractivity contribution in [3.8, 4) is 5.75 Å². The standard InChI is InChI=1S/C30H36N2O6/c1-6-31(7-2)26(33)21-10-8-20(9-11-21)24-19-30(37-25-13-12-22(27(34)35)18-23(24)25)14-16-32(17-15-30)28(36)38-29(3,4)5/h8-13,18-19H,6-7,14-17H2,1-5H3,(H,34,35). The highest BCUT2D eigenvalue weighted by Crippen LogP contribution is 2.44. The van der Waals surface area contributed by atoms with Gasteiger partial charge < -0.3 is 24.4 Å². The molecule has 0 atom stereocenters. The summed E-state index contributed by atoms with van der Waals surface area (Å²) in [7, 11) is 0. The number of carboxylic acid groups (broad SMARTS) is 1. The Labute approximate surface area is 223 Å². The molecule has 0 saturated carbocycles. The fourth-order valence-corrected chi connectivity index (χ4v) is 4.92. The van der Waals surface area contributed by atoms with Crippen molar-refractivity contribution in [3.05, 3.63) is 70.8 Å². The van der Waals surface area contributed by atoms with Crippen molar-refractivity contribution >= 4 is 23.5 Å². The predicted molar refractivity (Wildman–Crippen MR) is 145 cm³/mol. The molecular weight excluding hydrogens is 484 g/mol. The Balaban J connectivity index is 1.67. The van der Waals surface area contributed by atoms with E-state index in [0.29, 0.717) is 55.9 Å². The number of fused-ring (bicyclic) bond motifs is 1. The highest BCUT2D eigenvalue weighted by Gasteiger charge is 2.41. The van der Waals surface area contributed by atoms with Crippen molar-refractivity contribution in [2.75, 3.05) is 26.2 Å². The Bertz CT molecular complexity index is 1250. The molecule has 4 rings (SSSR count). The van der Waals surface area contributed by atoms with Gasteiger partial charge in [-0.25, -0.2) is 9.59 Å². The van der Waals surface area contributed by atoms with E-state index < -0.39 is 17.2 Å². The van der Waals surface area contributed by atoms with Crippen LogP contribution in [-0.2, 0) is 4.74 Å². The number of hydrogen-bond donors (Lipinski definition) is 1. The molecular formula is C30H36N2O6. The van der Waals surface area contributed by atoms with E-state index >= 15 is 0 Å². The van der Waals surface area contributed by atoms with Crippen molar-refractivity contribution < 1.29 is 29.0 Å². The first-order valence-electron chi connectivity index (χ1n) is 13.1. The summed E-state index contributed by atoms with van der Waals surface area (Å²) in [6.07, 6.45) is 2.84. The molecule has 1 fully saturated rings. The number of carboxylic acids is 1. The third-order valence-electron chi connectivity index (χ3n) is 6.99. The molecule has 0 unspecified atom stereocenters. The molecule has 2 aromatic rings. The number of hydrogen-bond acceptors (Lipinski definition) is 5. The van der Waals surface area contributed by atoms with Gasteiger partial charge in [-0.2, -0.15) is 0 Å². The fourth-order valence-electron chi connectivity index (χ4n) is 4.92. The van der Waals surface area contributed by atoms with Gasteiger partial charge in [-0.1, -0.05) is 12.1 Å². The first-order valence-corrected chi connectivity index (χ1v) is 13.1. The van der Waals surface area contributed by atoms with Crippen LogP contribution in [0.1, 0.15) is 79.3 Å². The molecule has 2 aliphatic heterocycles. The van der Waals surface area contributed by atoms with Gasteiger partial charge in [0.05, 0.1) is 5.56 Å². The lowest BCUT2D eigenvalue weighted by Gasteiger charge is -2.43. The molecule has 202 valence electrons. The Morgan fingerprint density at radius 2 is 1.61 bits per heavy atom. The number of nitrogens with zero attached hydrogens (tertiary/aromatic N) is 2. The van der Waals surface area contributed by atoms with Crippen LogP contribution in [-0.4, -0.2) is 70.3 Å². The van der Waals surface area contributed by atoms with Crippen LogP contribution in [0.4, 0.5) is 4.79 Å². The largest absolute Gasteiger partial charge is 0.482 e. The van der Waals surface area contributed by atoms with Crippen molar-refractivity contribution in [3.63, 3.8) is 0 Å². The van der Waals surface area contributed by atoms with Gasteiger partial charge in [0.2, 0.25) is 0 Å². The highest BCUT2D eigenvalue weighted by molar-refractivity contribution is 5.96. The van der Waals surface area contributed by atoms with Crippen LogP contribution in [0.5, 0.6) is 5.75 Å². The lowest BCUT2D eigenvalue weighted by atomic mass is 9.82. The van der Waals surface area contributed by atoms with E-state index in [4.69, 9.17) is 9.47 Å². The lowest BCUT2D eigenvalue weighted by molar-refractivity contribution is -0.00117. The average Bonchev–Trinajstić information content (AvgIpc) is 2.88. The van der Waals surface area contributed by atoms with Gasteiger partial charge in [0.15, 0.2) is 0 Å². The minimum absolute atomic E-state index is 0.0259. The summed E-state index contributed by atoms with van der Waals surface area (Å²) in [6, 6.07) is 12.3. The van der Waals surface area contributed by atoms with E-state index in [1.54, 1.807) is 28.0 Å². The number of likely N-dealkylation sites (tertiary alicyclic amines) is 1. The van der Waals surface area contributed by atoms with Crippen LogP contribution in [0.25, 0.3) is 5.57 Å². The fraction of sp³-hybridized carbons (Fsp3) is 0.433. The van der Waals surface area contributed by atoms with Crippen molar-refractivity contribution in [2.24, 2.45) is 0 Å². The van der Waals surface area contributed by atoms with Crippen LogP contribution >= 0.6 is 0 Å². The smallest absolute Gasteiger partial charge is 0.410 e. The SMILES string of the molecule is CCN(CC)C(=O)c1ccc(C2=CC3(CCN(C(=O)OC(C)(C)C)CC3)Oc3ccc(C(=O)O)cc32)cc1. The lowest BCUT2D eigenvalue weighted by Crippen LogP contribution is -2.50. The molecule has 0 radical (unpaired) electrons. The first-order chi connectivity index (χ1) is 17.9. The van der Waals surface area contributed by atoms with Crippen LogP contribution < -0.4 is 4.74 Å². The molecule has 0 aliphatic carbocycles. The zero-order valence-corrected chi connectivity index (χ0v) is 22.7. The van der Waals surface area contributed by atoms with Gasteiger partial charge in [0.1, 0.15) is 17.0 Å². The molecule has 38 heavy (non-hydrogen) atoms. The van der Waals surface area contributed by atoms with Crippen LogP contribution in [0.15, 0.2) is 48.5 Å². The van der Waals surface area contributed by atoms with Crippen LogP contribution in [0.3, 0.4) is 0 Å². The normalized spacial score (nSPS) is 16.2. The summed E-state index contributed by atoms with van der Waals surface area (Å²) < 4.78 is 12.0. The zero-order valence-electron chi connectivity index (χ0n) is 22.7. The molecule has 0 aromatic heterocycles. The molecule has 2 heterocycles. The summed E-state index contributed by atoms with van der Waals surface area (Å²) in [4.78, 5) is 40.6. The molecule has 2 amide bonds. The average molecular weight is 521 g/mol. The van der Waals surface area contributed by atoms with Gasteiger partial charge >= 0.3 is 12.1 Å². The minimum Gasteiger partial charge on any atom is -0.482 e. The molecule has 8 heteroatoms. The van der Waals surface area contributed by atoms with Gasteiger partial charge in [0, 0.05) is 50.1 Å². The van der Waals surface area contributed by atoms with E-state index in [-0.39, 0.29) is 17.6 Å². The quantitative estimate of drug-likeness (QED) is 0.562. The van der Waals surface area contributed by atoms with Gasteiger partial charge in [-0.05, 0) is 82.2 Å². The molecule has 1 saturated heterocycles. The molecule has 2 aliphatic rings. The van der Waals surface area contributed by atoms with Crippen molar-refractivity contribution in [2.45, 2.75) is 58.7 Å². The second-order valence-corrected chi connectivity index (χ2v) is 10.8. The van der Waals surface area contributed by atoms with Gasteiger partial charge in [-0.3, -0.25) is 4.79 Å². The van der Waals surface area contributed by atoms with Crippen LogP contribution in [0, 0.1) is 0 Å². The molecule has 0 bridgehead atoms. The number of benzene rings is 2. The maximum Gasteiger partial charge on any atom is 0.410 e. The summed E-state index contributed by atoms with van der Waals surface area (Å²) in [6.45, 7) is 11.6.